The number of nitrogens with one attached hydrogen (secondary N) is 2. The number of imide groups is 2. The highest BCUT2D eigenvalue weighted by Crippen LogP contribution is 2.37. The molecule has 1 saturated heterocycles. The van der Waals surface area contributed by atoms with Gasteiger partial charge in [-0.2, -0.15) is 0 Å². The molecule has 2 saturated carbocycles. The fourth-order valence-electron chi connectivity index (χ4n) is 4.65. The molecule has 30 heavy (non-hydrogen) atoms. The number of carbonyl (C=O) groups excluding carboxylic acids is 5. The first-order valence-corrected chi connectivity index (χ1v) is 11.0. The van der Waals surface area contributed by atoms with Crippen LogP contribution in [0.2, 0.25) is 0 Å². The maximum absolute atomic E-state index is 12.4. The molecule has 9 nitrogen and oxygen atoms in total. The molecule has 2 N–H and O–H groups in total. The Balaban J connectivity index is 1.39. The van der Waals surface area contributed by atoms with Crippen molar-refractivity contribution in [1.29, 1.82) is 0 Å². The number of carbonyl (C=O) groups is 5. The standard InChI is InChI=1S/C21H31N3O6/c1-13(18(26)23-21(29)22-14-7-3-2-4-8-14)30-17(25)11-12-24-19(27)15-9-5-6-10-16(15)20(24)28/h13-16H,2-12H2,1H3,(H2,22,23,26,29)/t13-,15+,16+/m0/s1. The minimum Gasteiger partial charge on any atom is -0.452 e. The molecule has 0 radical (unpaired) electrons. The molecule has 5 amide bonds. The lowest BCUT2D eigenvalue weighted by atomic mass is 9.81. The van der Waals surface area contributed by atoms with Crippen LogP contribution in [0, 0.1) is 11.8 Å². The molecule has 0 unspecified atom stereocenters. The summed E-state index contributed by atoms with van der Waals surface area (Å²) in [6, 6.07) is -0.533. The number of nitrogens with zero attached hydrogens (tertiary/aromatic N) is 1. The summed E-state index contributed by atoms with van der Waals surface area (Å²) in [6.45, 7) is 1.34. The number of fused-ring (bicyclic) bond motifs is 1. The van der Waals surface area contributed by atoms with E-state index in [1.807, 2.05) is 0 Å². The van der Waals surface area contributed by atoms with Crippen molar-refractivity contribution in [2.24, 2.45) is 11.8 Å². The molecule has 2 aliphatic carbocycles. The van der Waals surface area contributed by atoms with Gasteiger partial charge in [0.05, 0.1) is 18.3 Å². The second-order valence-electron chi connectivity index (χ2n) is 8.51. The lowest BCUT2D eigenvalue weighted by Gasteiger charge is -2.23. The van der Waals surface area contributed by atoms with Gasteiger partial charge in [-0.3, -0.25) is 29.4 Å². The Labute approximate surface area is 176 Å². The van der Waals surface area contributed by atoms with Gasteiger partial charge < -0.3 is 10.1 Å². The Morgan fingerprint density at radius 3 is 2.13 bits per heavy atom. The van der Waals surface area contributed by atoms with Crippen LogP contribution in [0.25, 0.3) is 0 Å². The van der Waals surface area contributed by atoms with E-state index in [2.05, 4.69) is 10.6 Å². The molecular formula is C21H31N3O6. The predicted octanol–water partition coefficient (Wildman–Crippen LogP) is 1.64. The zero-order valence-electron chi connectivity index (χ0n) is 17.5. The average Bonchev–Trinajstić information content (AvgIpc) is 2.97. The van der Waals surface area contributed by atoms with Crippen molar-refractivity contribution in [2.45, 2.75) is 83.3 Å². The second kappa shape index (κ2) is 10.0. The minimum absolute atomic E-state index is 0.0417. The van der Waals surface area contributed by atoms with Crippen LogP contribution in [-0.2, 0) is 23.9 Å². The molecule has 3 aliphatic rings. The van der Waals surface area contributed by atoms with Gasteiger partial charge in [0, 0.05) is 12.6 Å². The van der Waals surface area contributed by atoms with Crippen LogP contribution in [0.5, 0.6) is 0 Å². The Bertz CT molecular complexity index is 679. The van der Waals surface area contributed by atoms with Gasteiger partial charge in [-0.15, -0.1) is 0 Å². The lowest BCUT2D eigenvalue weighted by Crippen LogP contribution is -2.48. The summed E-state index contributed by atoms with van der Waals surface area (Å²) in [6.07, 6.45) is 7.03. The number of urea groups is 1. The largest absolute Gasteiger partial charge is 0.452 e. The smallest absolute Gasteiger partial charge is 0.321 e. The third kappa shape index (κ3) is 5.37. The molecule has 0 spiro atoms. The molecule has 3 fully saturated rings. The SMILES string of the molecule is C[C@H](OC(=O)CCN1C(=O)[C@@H]2CCCC[C@H]2C1=O)C(=O)NC(=O)NC1CCCCC1. The van der Waals surface area contributed by atoms with Crippen LogP contribution in [0.15, 0.2) is 0 Å². The number of hydrogen-bond donors (Lipinski definition) is 2. The zero-order chi connectivity index (χ0) is 21.7. The average molecular weight is 421 g/mol. The molecule has 9 heteroatoms. The van der Waals surface area contributed by atoms with Crippen molar-refractivity contribution in [3.8, 4) is 0 Å². The number of likely N-dealkylation sites (tertiary alicyclic amines) is 1. The summed E-state index contributed by atoms with van der Waals surface area (Å²) in [5.74, 6) is -2.33. The molecule has 0 aromatic heterocycles. The van der Waals surface area contributed by atoms with E-state index < -0.39 is 24.0 Å². The Hall–Kier alpha value is -2.45. The van der Waals surface area contributed by atoms with Crippen LogP contribution in [0.1, 0.15) is 71.1 Å². The summed E-state index contributed by atoms with van der Waals surface area (Å²) in [7, 11) is 0. The van der Waals surface area contributed by atoms with E-state index in [1.54, 1.807) is 0 Å². The molecule has 0 bridgehead atoms. The van der Waals surface area contributed by atoms with Gasteiger partial charge in [-0.05, 0) is 32.6 Å². The van der Waals surface area contributed by atoms with Gasteiger partial charge in [-0.1, -0.05) is 32.1 Å². The number of ether oxygens (including phenoxy) is 1. The van der Waals surface area contributed by atoms with Gasteiger partial charge in [-0.25, -0.2) is 4.79 Å². The first-order valence-electron chi connectivity index (χ1n) is 11.0. The van der Waals surface area contributed by atoms with E-state index in [4.69, 9.17) is 4.74 Å². The van der Waals surface area contributed by atoms with Gasteiger partial charge in [0.15, 0.2) is 6.10 Å². The number of hydrogen-bond acceptors (Lipinski definition) is 6. The highest BCUT2D eigenvalue weighted by Gasteiger charge is 2.47. The Morgan fingerprint density at radius 1 is 0.967 bits per heavy atom. The summed E-state index contributed by atoms with van der Waals surface area (Å²) in [5.41, 5.74) is 0. The quantitative estimate of drug-likeness (QED) is 0.497. The van der Waals surface area contributed by atoms with Gasteiger partial charge >= 0.3 is 12.0 Å². The fraction of sp³-hybridized carbons (Fsp3) is 0.762. The molecule has 3 atom stereocenters. The maximum Gasteiger partial charge on any atom is 0.321 e. The van der Waals surface area contributed by atoms with E-state index in [-0.39, 0.29) is 42.7 Å². The third-order valence-electron chi connectivity index (χ3n) is 6.33. The van der Waals surface area contributed by atoms with E-state index in [0.29, 0.717) is 0 Å². The zero-order valence-corrected chi connectivity index (χ0v) is 17.5. The van der Waals surface area contributed by atoms with Crippen LogP contribution in [0.3, 0.4) is 0 Å². The summed E-state index contributed by atoms with van der Waals surface area (Å²) >= 11 is 0. The number of rotatable bonds is 6. The number of esters is 1. The predicted molar refractivity (Wildman–Crippen MR) is 106 cm³/mol. The molecular weight excluding hydrogens is 390 g/mol. The van der Waals surface area contributed by atoms with E-state index in [0.717, 1.165) is 62.7 Å². The molecule has 166 valence electrons. The van der Waals surface area contributed by atoms with Gasteiger partial charge in [0.25, 0.3) is 5.91 Å². The summed E-state index contributed by atoms with van der Waals surface area (Å²) < 4.78 is 5.07. The number of amides is 5. The van der Waals surface area contributed by atoms with Gasteiger partial charge in [0.1, 0.15) is 0 Å². The van der Waals surface area contributed by atoms with E-state index in [9.17, 15) is 24.0 Å². The fourth-order valence-corrected chi connectivity index (χ4v) is 4.65. The van der Waals surface area contributed by atoms with Crippen LogP contribution >= 0.6 is 0 Å². The first-order chi connectivity index (χ1) is 14.4. The third-order valence-corrected chi connectivity index (χ3v) is 6.33. The maximum atomic E-state index is 12.4. The van der Waals surface area contributed by atoms with Crippen molar-refractivity contribution < 1.29 is 28.7 Å². The molecule has 0 aromatic rings. The van der Waals surface area contributed by atoms with E-state index in [1.165, 1.54) is 6.92 Å². The van der Waals surface area contributed by atoms with Crippen LogP contribution in [-0.4, -0.2) is 53.3 Å². The highest BCUT2D eigenvalue weighted by atomic mass is 16.5. The van der Waals surface area contributed by atoms with Crippen molar-refractivity contribution in [3.63, 3.8) is 0 Å². The molecule has 3 rings (SSSR count). The monoisotopic (exact) mass is 421 g/mol. The van der Waals surface area contributed by atoms with Crippen molar-refractivity contribution >= 4 is 29.7 Å². The first kappa shape index (κ1) is 22.2. The Kier molecular flexibility index (Phi) is 7.44. The summed E-state index contributed by atoms with van der Waals surface area (Å²) in [5, 5.41) is 4.95. The van der Waals surface area contributed by atoms with Crippen LogP contribution in [0.4, 0.5) is 4.79 Å². The Morgan fingerprint density at radius 2 is 1.53 bits per heavy atom. The van der Waals surface area contributed by atoms with Crippen molar-refractivity contribution in [2.75, 3.05) is 6.54 Å². The lowest BCUT2D eigenvalue weighted by molar-refractivity contribution is -0.155. The molecule has 1 aliphatic heterocycles. The van der Waals surface area contributed by atoms with Crippen LogP contribution < -0.4 is 10.6 Å². The van der Waals surface area contributed by atoms with Crippen molar-refractivity contribution in [3.05, 3.63) is 0 Å². The van der Waals surface area contributed by atoms with E-state index >= 15 is 0 Å². The van der Waals surface area contributed by atoms with Gasteiger partial charge in [0.2, 0.25) is 11.8 Å². The van der Waals surface area contributed by atoms with Crippen molar-refractivity contribution in [1.82, 2.24) is 15.5 Å². The molecule has 1 heterocycles. The highest BCUT2D eigenvalue weighted by molar-refractivity contribution is 6.05. The minimum atomic E-state index is -1.15. The molecule has 0 aromatic carbocycles. The topological polar surface area (TPSA) is 122 Å². The summed E-state index contributed by atoms with van der Waals surface area (Å²) in [4.78, 5) is 62.1. The normalized spacial score (nSPS) is 25.4. The second-order valence-corrected chi connectivity index (χ2v) is 8.51.